The van der Waals surface area contributed by atoms with Crippen molar-refractivity contribution < 1.29 is 9.53 Å². The Kier molecular flexibility index (Phi) is 8.42. The number of likely N-dealkylation sites (N-methyl/N-ethyl adjacent to an activating group) is 1. The molecule has 1 saturated heterocycles. The molecule has 0 spiro atoms. The van der Waals surface area contributed by atoms with E-state index in [0.29, 0.717) is 38.2 Å². The van der Waals surface area contributed by atoms with Gasteiger partial charge in [-0.15, -0.1) is 0 Å². The third kappa shape index (κ3) is 5.74. The maximum Gasteiger partial charge on any atom is 0.319 e. The van der Waals surface area contributed by atoms with E-state index in [4.69, 9.17) is 26.3 Å². The fourth-order valence-corrected chi connectivity index (χ4v) is 7.23. The van der Waals surface area contributed by atoms with Gasteiger partial charge >= 0.3 is 6.01 Å². The smallest absolute Gasteiger partial charge is 0.319 e. The van der Waals surface area contributed by atoms with Crippen LogP contribution in [0.1, 0.15) is 36.9 Å². The molecule has 6 rings (SSSR count). The van der Waals surface area contributed by atoms with Gasteiger partial charge in [0.2, 0.25) is 5.91 Å². The summed E-state index contributed by atoms with van der Waals surface area (Å²) in [5.41, 5.74) is 3.13. The van der Waals surface area contributed by atoms with Crippen molar-refractivity contribution in [3.63, 3.8) is 0 Å². The van der Waals surface area contributed by atoms with E-state index < -0.39 is 0 Å². The highest BCUT2D eigenvalue weighted by Gasteiger charge is 2.35. The maximum atomic E-state index is 12.6. The van der Waals surface area contributed by atoms with Crippen LogP contribution in [0.15, 0.2) is 49.1 Å². The van der Waals surface area contributed by atoms with E-state index in [-0.39, 0.29) is 24.5 Å². The van der Waals surface area contributed by atoms with Gasteiger partial charge in [-0.3, -0.25) is 4.79 Å². The molecule has 1 aromatic heterocycles. The van der Waals surface area contributed by atoms with Gasteiger partial charge in [0.05, 0.1) is 35.8 Å². The molecule has 0 bridgehead atoms. The average molecular weight is 600 g/mol. The summed E-state index contributed by atoms with van der Waals surface area (Å²) in [5, 5.41) is 12.4. The van der Waals surface area contributed by atoms with Gasteiger partial charge in [-0.2, -0.15) is 15.2 Å². The molecular weight excluding hydrogens is 562 g/mol. The first kappa shape index (κ1) is 29.2. The standard InChI is InChI=1S/C33H38ClN7O2/c1-4-30(42)41-19-18-40(20-23(41)14-16-35)32-24-15-17-39(28-12-6-9-22-8-5-10-25(34)31(22)28)21-26(24)36-33(37-32)43-29-13-7-11-27(29)38(2)3/h4-6,8-10,12,23,27,29H,1,7,11,13-15,17-21H2,2-3H3/t23?,27-,29-/m1/s1. The Hall–Kier alpha value is -3.87. The molecular formula is C33H38ClN7O2. The Balaban J connectivity index is 1.37. The minimum atomic E-state index is -0.245. The van der Waals surface area contributed by atoms with Crippen LogP contribution in [-0.2, 0) is 17.8 Å². The molecule has 224 valence electrons. The van der Waals surface area contributed by atoms with E-state index in [9.17, 15) is 10.1 Å². The number of ether oxygens (including phenoxy) is 1. The third-order valence-corrected chi connectivity index (χ3v) is 9.41. The Morgan fingerprint density at radius 2 is 1.98 bits per heavy atom. The van der Waals surface area contributed by atoms with Gasteiger partial charge in [-0.1, -0.05) is 42.4 Å². The molecule has 43 heavy (non-hydrogen) atoms. The Morgan fingerprint density at radius 3 is 2.74 bits per heavy atom. The monoisotopic (exact) mass is 599 g/mol. The van der Waals surface area contributed by atoms with E-state index in [0.717, 1.165) is 70.8 Å². The number of rotatable bonds is 7. The normalized spacial score (nSPS) is 22.0. The minimum Gasteiger partial charge on any atom is -0.458 e. The van der Waals surface area contributed by atoms with Crippen LogP contribution in [0.25, 0.3) is 10.8 Å². The number of amides is 1. The number of piperazine rings is 1. The maximum absolute atomic E-state index is 12.6. The van der Waals surface area contributed by atoms with Gasteiger partial charge in [-0.05, 0) is 63.4 Å². The SMILES string of the molecule is C=CC(=O)N1CCN(c2nc(O[C@@H]3CCC[C@H]3N(C)C)nc3c2CCN(c2cccc4cccc(Cl)c24)C3)CC1CC#N. The highest BCUT2D eigenvalue weighted by atomic mass is 35.5. The molecule has 1 amide bonds. The van der Waals surface area contributed by atoms with E-state index >= 15 is 0 Å². The lowest BCUT2D eigenvalue weighted by atomic mass is 10.0. The van der Waals surface area contributed by atoms with Gasteiger partial charge in [0, 0.05) is 48.9 Å². The van der Waals surface area contributed by atoms with Gasteiger partial charge in [-0.25, -0.2) is 0 Å². The van der Waals surface area contributed by atoms with E-state index in [1.807, 2.05) is 12.1 Å². The third-order valence-electron chi connectivity index (χ3n) is 9.10. The van der Waals surface area contributed by atoms with Crippen LogP contribution in [0.3, 0.4) is 0 Å². The number of hydrogen-bond donors (Lipinski definition) is 0. The van der Waals surface area contributed by atoms with Crippen molar-refractivity contribution in [2.45, 2.75) is 56.8 Å². The van der Waals surface area contributed by atoms with Crippen LogP contribution in [0.2, 0.25) is 5.02 Å². The second-order valence-corrected chi connectivity index (χ2v) is 12.3. The highest BCUT2D eigenvalue weighted by Crippen LogP contribution is 2.38. The molecule has 0 N–H and O–H groups in total. The summed E-state index contributed by atoms with van der Waals surface area (Å²) in [6, 6.07) is 15.0. The quantitative estimate of drug-likeness (QED) is 0.357. The summed E-state index contributed by atoms with van der Waals surface area (Å²) in [7, 11) is 4.19. The van der Waals surface area contributed by atoms with Crippen molar-refractivity contribution in [2.24, 2.45) is 0 Å². The lowest BCUT2D eigenvalue weighted by Crippen LogP contribution is -2.55. The number of benzene rings is 2. The van der Waals surface area contributed by atoms with Crippen LogP contribution in [0.5, 0.6) is 6.01 Å². The van der Waals surface area contributed by atoms with Crippen LogP contribution >= 0.6 is 11.6 Å². The number of hydrogen-bond acceptors (Lipinski definition) is 8. The molecule has 2 fully saturated rings. The molecule has 0 radical (unpaired) electrons. The van der Waals surface area contributed by atoms with Crippen molar-refractivity contribution in [1.82, 2.24) is 19.8 Å². The highest BCUT2D eigenvalue weighted by molar-refractivity contribution is 6.36. The van der Waals surface area contributed by atoms with Crippen molar-refractivity contribution in [1.29, 1.82) is 5.26 Å². The fraction of sp³-hybridized carbons (Fsp3) is 0.455. The molecule has 1 unspecified atom stereocenters. The van der Waals surface area contributed by atoms with Crippen molar-refractivity contribution >= 4 is 39.8 Å². The molecule has 2 aliphatic heterocycles. The zero-order valence-electron chi connectivity index (χ0n) is 24.9. The van der Waals surface area contributed by atoms with Crippen LogP contribution < -0.4 is 14.5 Å². The minimum absolute atomic E-state index is 0.0193. The largest absolute Gasteiger partial charge is 0.458 e. The van der Waals surface area contributed by atoms with Crippen LogP contribution in [-0.4, -0.2) is 84.1 Å². The summed E-state index contributed by atoms with van der Waals surface area (Å²) in [6.07, 6.45) is 5.50. The second kappa shape index (κ2) is 12.4. The number of halogens is 1. The molecule has 3 aliphatic rings. The molecule has 3 atom stereocenters. The average Bonchev–Trinajstić information content (AvgIpc) is 3.48. The number of nitriles is 1. The van der Waals surface area contributed by atoms with Gasteiger partial charge < -0.3 is 24.3 Å². The van der Waals surface area contributed by atoms with Crippen molar-refractivity contribution in [2.75, 3.05) is 50.1 Å². The first-order valence-corrected chi connectivity index (χ1v) is 15.5. The number of nitrogens with zero attached hydrogens (tertiary/aromatic N) is 7. The Labute approximate surface area is 258 Å². The molecule has 9 nitrogen and oxygen atoms in total. The van der Waals surface area contributed by atoms with Gasteiger partial charge in [0.25, 0.3) is 0 Å². The summed E-state index contributed by atoms with van der Waals surface area (Å²) >= 11 is 6.71. The predicted molar refractivity (Wildman–Crippen MR) is 170 cm³/mol. The first-order valence-electron chi connectivity index (χ1n) is 15.1. The fourth-order valence-electron chi connectivity index (χ4n) is 6.95. The molecule has 1 saturated carbocycles. The molecule has 10 heteroatoms. The molecule has 2 aromatic carbocycles. The summed E-state index contributed by atoms with van der Waals surface area (Å²) in [6.45, 7) is 6.67. The Morgan fingerprint density at radius 1 is 1.16 bits per heavy atom. The number of aromatic nitrogens is 2. The molecule has 3 aromatic rings. The van der Waals surface area contributed by atoms with Crippen LogP contribution in [0.4, 0.5) is 11.5 Å². The first-order chi connectivity index (χ1) is 20.9. The molecule has 3 heterocycles. The zero-order valence-corrected chi connectivity index (χ0v) is 25.6. The van der Waals surface area contributed by atoms with Crippen molar-refractivity contribution in [3.8, 4) is 12.1 Å². The van der Waals surface area contributed by atoms with Gasteiger partial charge in [0.1, 0.15) is 11.9 Å². The summed E-state index contributed by atoms with van der Waals surface area (Å²) in [5.74, 6) is 0.706. The Bertz CT molecular complexity index is 1570. The summed E-state index contributed by atoms with van der Waals surface area (Å²) < 4.78 is 6.57. The number of carbonyl (C=O) groups excluding carboxylic acids is 1. The van der Waals surface area contributed by atoms with E-state index in [1.165, 1.54) is 6.08 Å². The second-order valence-electron chi connectivity index (χ2n) is 11.9. The number of anilines is 2. The molecule has 1 aliphatic carbocycles. The van der Waals surface area contributed by atoms with Crippen molar-refractivity contribution in [3.05, 3.63) is 65.3 Å². The lowest BCUT2D eigenvalue weighted by Gasteiger charge is -2.42. The number of carbonyl (C=O) groups is 1. The topological polar surface area (TPSA) is 88.8 Å². The van der Waals surface area contributed by atoms with Gasteiger partial charge in [0.15, 0.2) is 0 Å². The number of fused-ring (bicyclic) bond motifs is 2. The lowest BCUT2D eigenvalue weighted by molar-refractivity contribution is -0.128. The van der Waals surface area contributed by atoms with Crippen LogP contribution in [0, 0.1) is 11.3 Å². The predicted octanol–water partition coefficient (Wildman–Crippen LogP) is 4.82. The van der Waals surface area contributed by atoms with E-state index in [1.54, 1.807) is 4.90 Å². The zero-order chi connectivity index (χ0) is 30.1. The summed E-state index contributed by atoms with van der Waals surface area (Å²) in [4.78, 5) is 31.2. The van der Waals surface area contributed by atoms with E-state index in [2.05, 4.69) is 65.7 Å².